The van der Waals surface area contributed by atoms with Crippen LogP contribution in [-0.4, -0.2) is 62.6 Å². The largest absolute Gasteiger partial charge is 0.343 e. The Balaban J connectivity index is 1.47. The van der Waals surface area contributed by atoms with Crippen LogP contribution >= 0.6 is 0 Å². The van der Waals surface area contributed by atoms with Crippen LogP contribution < -0.4 is 0 Å². The Morgan fingerprint density at radius 3 is 2.56 bits per heavy atom. The number of amides is 2. The van der Waals surface area contributed by atoms with E-state index in [-0.39, 0.29) is 23.1 Å². The third kappa shape index (κ3) is 3.25. The molecule has 1 aromatic heterocycles. The molecule has 7 nitrogen and oxygen atoms in total. The summed E-state index contributed by atoms with van der Waals surface area (Å²) >= 11 is 0. The summed E-state index contributed by atoms with van der Waals surface area (Å²) in [5, 5.41) is 8.63. The number of rotatable bonds is 4. The topological polar surface area (TPSA) is 71.3 Å². The highest BCUT2D eigenvalue weighted by atomic mass is 16.2. The summed E-state index contributed by atoms with van der Waals surface area (Å²) in [6.07, 6.45) is 8.09. The number of hydrogen-bond acceptors (Lipinski definition) is 4. The molecule has 1 atom stereocenters. The van der Waals surface area contributed by atoms with Crippen LogP contribution in [0.4, 0.5) is 0 Å². The second-order valence-electron chi connectivity index (χ2n) is 8.65. The lowest BCUT2D eigenvalue weighted by Crippen LogP contribution is -2.44. The fourth-order valence-corrected chi connectivity index (χ4v) is 5.28. The quantitative estimate of drug-likeness (QED) is 0.810. The normalized spacial score (nSPS) is 25.0. The Hall–Kier alpha value is -1.92. The number of carbonyl (C=O) groups is 2. The van der Waals surface area contributed by atoms with Crippen molar-refractivity contribution in [1.29, 1.82) is 0 Å². The lowest BCUT2D eigenvalue weighted by Gasteiger charge is -2.42. The first kappa shape index (κ1) is 18.4. The molecule has 0 N–H and O–H groups in total. The van der Waals surface area contributed by atoms with Gasteiger partial charge in [-0.15, -0.1) is 10.2 Å². The number of aryl methyl sites for hydroxylation is 1. The highest BCUT2D eigenvalue weighted by Gasteiger charge is 2.54. The second-order valence-corrected chi connectivity index (χ2v) is 8.65. The van der Waals surface area contributed by atoms with Crippen molar-refractivity contribution < 1.29 is 9.59 Å². The van der Waals surface area contributed by atoms with Gasteiger partial charge in [0.2, 0.25) is 11.8 Å². The minimum Gasteiger partial charge on any atom is -0.343 e. The molecule has 0 bridgehead atoms. The highest BCUT2D eigenvalue weighted by Crippen LogP contribution is 2.55. The number of hydrogen-bond donors (Lipinski definition) is 0. The summed E-state index contributed by atoms with van der Waals surface area (Å²) in [6, 6.07) is 0. The predicted octanol–water partition coefficient (Wildman–Crippen LogP) is 2.04. The Labute approximate surface area is 161 Å². The third-order valence-electron chi connectivity index (χ3n) is 7.02. The number of aromatic nitrogens is 3. The van der Waals surface area contributed by atoms with Gasteiger partial charge in [-0.1, -0.05) is 13.3 Å². The van der Waals surface area contributed by atoms with Gasteiger partial charge in [0.1, 0.15) is 12.2 Å². The van der Waals surface area contributed by atoms with Gasteiger partial charge >= 0.3 is 0 Å². The average Bonchev–Trinajstić information content (AvgIpc) is 3.25. The van der Waals surface area contributed by atoms with Crippen LogP contribution in [0.25, 0.3) is 0 Å². The van der Waals surface area contributed by atoms with Crippen LogP contribution in [0.2, 0.25) is 0 Å². The van der Waals surface area contributed by atoms with E-state index in [9.17, 15) is 9.59 Å². The fraction of sp³-hybridized carbons (Fsp3) is 0.800. The van der Waals surface area contributed by atoms with Gasteiger partial charge in [0.25, 0.3) is 0 Å². The molecule has 0 aromatic carbocycles. The zero-order valence-corrected chi connectivity index (χ0v) is 16.6. The van der Waals surface area contributed by atoms with Crippen molar-refractivity contribution in [3.8, 4) is 0 Å². The zero-order chi connectivity index (χ0) is 19.0. The average molecular weight is 374 g/mol. The standard InChI is InChI=1S/C20H31N5O2/c1-3-9-24-14-21-22-18(24)17-12-25(13-20(17)7-4-8-20)19(27)16-5-10-23(11-6-16)15(2)26/h14,16-17H,3-13H2,1-2H3. The van der Waals surface area contributed by atoms with Crippen molar-refractivity contribution in [2.75, 3.05) is 26.2 Å². The summed E-state index contributed by atoms with van der Waals surface area (Å²) in [5.41, 5.74) is 0.203. The Morgan fingerprint density at radius 2 is 1.96 bits per heavy atom. The molecule has 3 heterocycles. The molecule has 7 heteroatoms. The van der Waals surface area contributed by atoms with Gasteiger partial charge in [-0.05, 0) is 37.5 Å². The number of likely N-dealkylation sites (tertiary alicyclic amines) is 2. The van der Waals surface area contributed by atoms with Gasteiger partial charge in [0.05, 0.1) is 0 Å². The van der Waals surface area contributed by atoms with Gasteiger partial charge in [-0.25, -0.2) is 0 Å². The fourth-order valence-electron chi connectivity index (χ4n) is 5.28. The summed E-state index contributed by atoms with van der Waals surface area (Å²) in [5.74, 6) is 1.84. The van der Waals surface area contributed by atoms with Crippen LogP contribution in [0, 0.1) is 11.3 Å². The molecule has 1 unspecified atom stereocenters. The van der Waals surface area contributed by atoms with Crippen molar-refractivity contribution in [2.24, 2.45) is 11.3 Å². The van der Waals surface area contributed by atoms with Crippen molar-refractivity contribution in [3.05, 3.63) is 12.2 Å². The van der Waals surface area contributed by atoms with Crippen LogP contribution in [-0.2, 0) is 16.1 Å². The maximum atomic E-state index is 13.2. The van der Waals surface area contributed by atoms with E-state index >= 15 is 0 Å². The van der Waals surface area contributed by atoms with E-state index in [2.05, 4.69) is 26.6 Å². The van der Waals surface area contributed by atoms with E-state index in [0.29, 0.717) is 19.0 Å². The first-order valence-electron chi connectivity index (χ1n) is 10.5. The third-order valence-corrected chi connectivity index (χ3v) is 7.02. The maximum Gasteiger partial charge on any atom is 0.225 e. The van der Waals surface area contributed by atoms with Crippen LogP contribution in [0.1, 0.15) is 64.1 Å². The van der Waals surface area contributed by atoms with Gasteiger partial charge < -0.3 is 14.4 Å². The maximum absolute atomic E-state index is 13.2. The summed E-state index contributed by atoms with van der Waals surface area (Å²) in [7, 11) is 0. The number of nitrogens with zero attached hydrogens (tertiary/aromatic N) is 5. The van der Waals surface area contributed by atoms with Crippen LogP contribution in [0.5, 0.6) is 0 Å². The van der Waals surface area contributed by atoms with Crippen molar-refractivity contribution >= 4 is 11.8 Å². The smallest absolute Gasteiger partial charge is 0.225 e. The summed E-state index contributed by atoms with van der Waals surface area (Å²) < 4.78 is 2.18. The van der Waals surface area contributed by atoms with Crippen molar-refractivity contribution in [3.63, 3.8) is 0 Å². The first-order chi connectivity index (χ1) is 13.0. The van der Waals surface area contributed by atoms with Gasteiger partial charge in [-0.3, -0.25) is 9.59 Å². The highest BCUT2D eigenvalue weighted by molar-refractivity contribution is 5.80. The molecule has 1 spiro atoms. The minimum atomic E-state index is 0.0602. The van der Waals surface area contributed by atoms with E-state index in [4.69, 9.17) is 0 Å². The molecule has 1 aliphatic carbocycles. The molecule has 2 saturated heterocycles. The van der Waals surface area contributed by atoms with E-state index in [1.807, 2.05) is 11.2 Å². The Morgan fingerprint density at radius 1 is 1.22 bits per heavy atom. The van der Waals surface area contributed by atoms with Gasteiger partial charge in [0, 0.05) is 51.5 Å². The second kappa shape index (κ2) is 7.24. The SMILES string of the molecule is CCCn1cnnc1C1CN(C(=O)C2CCN(C(C)=O)CC2)CC12CCC2. The van der Waals surface area contributed by atoms with Gasteiger partial charge in [-0.2, -0.15) is 0 Å². The molecule has 4 rings (SSSR count). The van der Waals surface area contributed by atoms with Crippen LogP contribution in [0.3, 0.4) is 0 Å². The molecule has 148 valence electrons. The van der Waals surface area contributed by atoms with E-state index in [1.165, 1.54) is 19.3 Å². The molecule has 27 heavy (non-hydrogen) atoms. The first-order valence-corrected chi connectivity index (χ1v) is 10.5. The van der Waals surface area contributed by atoms with E-state index in [1.54, 1.807) is 6.92 Å². The predicted molar refractivity (Wildman–Crippen MR) is 101 cm³/mol. The van der Waals surface area contributed by atoms with E-state index < -0.39 is 0 Å². The molecule has 1 saturated carbocycles. The molecule has 3 aliphatic rings. The minimum absolute atomic E-state index is 0.0602. The zero-order valence-electron chi connectivity index (χ0n) is 16.6. The number of carbonyl (C=O) groups excluding carboxylic acids is 2. The summed E-state index contributed by atoms with van der Waals surface area (Å²) in [6.45, 7) is 7.77. The van der Waals surface area contributed by atoms with Crippen molar-refractivity contribution in [2.45, 2.75) is 64.8 Å². The molecule has 3 fully saturated rings. The Kier molecular flexibility index (Phi) is 4.95. The van der Waals surface area contributed by atoms with Crippen LogP contribution in [0.15, 0.2) is 6.33 Å². The van der Waals surface area contributed by atoms with Gasteiger partial charge in [0.15, 0.2) is 0 Å². The van der Waals surface area contributed by atoms with Crippen molar-refractivity contribution in [1.82, 2.24) is 24.6 Å². The Bertz CT molecular complexity index is 703. The molecule has 2 amide bonds. The molecular formula is C20H31N5O2. The lowest BCUT2D eigenvalue weighted by molar-refractivity contribution is -0.139. The number of piperidine rings is 1. The molecular weight excluding hydrogens is 342 g/mol. The van der Waals surface area contributed by atoms with E-state index in [0.717, 1.165) is 44.7 Å². The molecule has 2 aliphatic heterocycles. The summed E-state index contributed by atoms with van der Waals surface area (Å²) in [4.78, 5) is 28.7. The monoisotopic (exact) mass is 373 g/mol. The molecule has 0 radical (unpaired) electrons. The lowest BCUT2D eigenvalue weighted by atomic mass is 9.62. The molecule has 1 aromatic rings.